The highest BCUT2D eigenvalue weighted by Crippen LogP contribution is 2.28. The molecule has 124 valence electrons. The first-order valence-corrected chi connectivity index (χ1v) is 7.10. The second-order valence-electron chi connectivity index (χ2n) is 5.81. The van der Waals surface area contributed by atoms with Crippen molar-refractivity contribution in [1.29, 1.82) is 0 Å². The molecule has 2 fully saturated rings. The van der Waals surface area contributed by atoms with E-state index in [0.717, 1.165) is 0 Å². The van der Waals surface area contributed by atoms with Crippen molar-refractivity contribution in [1.82, 2.24) is 0 Å². The molecule has 6 unspecified atom stereocenters. The van der Waals surface area contributed by atoms with Crippen molar-refractivity contribution >= 4 is 0 Å². The van der Waals surface area contributed by atoms with Gasteiger partial charge in [-0.05, 0) is 20.8 Å². The predicted octanol–water partition coefficient (Wildman–Crippen LogP) is -2.27. The molecule has 0 bridgehead atoms. The van der Waals surface area contributed by atoms with E-state index in [2.05, 4.69) is 0 Å². The topological polar surface area (TPSA) is 129 Å². The van der Waals surface area contributed by atoms with Gasteiger partial charge in [0.25, 0.3) is 0 Å². The zero-order chi connectivity index (χ0) is 15.9. The summed E-state index contributed by atoms with van der Waals surface area (Å²) in [6, 6.07) is 0. The van der Waals surface area contributed by atoms with Gasteiger partial charge in [-0.2, -0.15) is 0 Å². The normalized spacial score (nSPS) is 55.4. The van der Waals surface area contributed by atoms with Gasteiger partial charge in [-0.25, -0.2) is 0 Å². The predicted molar refractivity (Wildman–Crippen MR) is 69.3 cm³/mol. The third kappa shape index (κ3) is 3.22. The standard InChI is InChI=1S/C13H24O8/c1-4-8(15)10(17)12(6(3)19-4)21-13-11(18)9(16)7(14)5(2)20-13/h4-18H,1-3H3/t4?,5?,6?,7-,8+,9?,10?,11-,12-,13?/m0/s1. The largest absolute Gasteiger partial charge is 0.388 e. The first kappa shape index (κ1) is 17.0. The van der Waals surface area contributed by atoms with Gasteiger partial charge in [0, 0.05) is 0 Å². The molecule has 5 N–H and O–H groups in total. The average molecular weight is 308 g/mol. The Morgan fingerprint density at radius 1 is 0.619 bits per heavy atom. The van der Waals surface area contributed by atoms with Crippen LogP contribution in [0, 0.1) is 0 Å². The molecular weight excluding hydrogens is 284 g/mol. The van der Waals surface area contributed by atoms with E-state index in [-0.39, 0.29) is 0 Å². The molecule has 2 rings (SSSR count). The van der Waals surface area contributed by atoms with Crippen LogP contribution in [0.5, 0.6) is 0 Å². The summed E-state index contributed by atoms with van der Waals surface area (Å²) in [5, 5.41) is 49.2. The van der Waals surface area contributed by atoms with E-state index in [1.807, 2.05) is 0 Å². The highest BCUT2D eigenvalue weighted by atomic mass is 16.7. The SMILES string of the molecule is CC1OC(C)[C@H](OC2OC(C)[C@H](O)C(O)[C@@H]2O)C(O)[C@@H]1O. The first-order chi connectivity index (χ1) is 9.73. The van der Waals surface area contributed by atoms with E-state index in [4.69, 9.17) is 14.2 Å². The molecule has 10 atom stereocenters. The fourth-order valence-corrected chi connectivity index (χ4v) is 2.72. The summed E-state index contributed by atoms with van der Waals surface area (Å²) in [6.45, 7) is 4.83. The number of hydrogen-bond acceptors (Lipinski definition) is 8. The smallest absolute Gasteiger partial charge is 0.187 e. The molecule has 0 radical (unpaired) electrons. The Morgan fingerprint density at radius 2 is 1.14 bits per heavy atom. The number of rotatable bonds is 2. The summed E-state index contributed by atoms with van der Waals surface area (Å²) >= 11 is 0. The Morgan fingerprint density at radius 3 is 1.76 bits per heavy atom. The zero-order valence-electron chi connectivity index (χ0n) is 12.2. The molecule has 2 heterocycles. The van der Waals surface area contributed by atoms with Gasteiger partial charge >= 0.3 is 0 Å². The number of aliphatic hydroxyl groups excluding tert-OH is 5. The van der Waals surface area contributed by atoms with E-state index in [1.165, 1.54) is 6.92 Å². The minimum atomic E-state index is -1.47. The summed E-state index contributed by atoms with van der Waals surface area (Å²) < 4.78 is 16.3. The minimum absolute atomic E-state index is 0.534. The molecule has 8 nitrogen and oxygen atoms in total. The lowest BCUT2D eigenvalue weighted by Gasteiger charge is -2.45. The highest BCUT2D eigenvalue weighted by Gasteiger charge is 2.47. The minimum Gasteiger partial charge on any atom is -0.388 e. The van der Waals surface area contributed by atoms with Crippen LogP contribution in [-0.4, -0.2) is 86.8 Å². The van der Waals surface area contributed by atoms with Gasteiger partial charge in [0.05, 0.1) is 18.3 Å². The molecular formula is C13H24O8. The average Bonchev–Trinajstić information content (AvgIpc) is 2.44. The maximum Gasteiger partial charge on any atom is 0.187 e. The van der Waals surface area contributed by atoms with Crippen LogP contribution in [0.3, 0.4) is 0 Å². The third-order valence-electron chi connectivity index (χ3n) is 4.16. The lowest BCUT2D eigenvalue weighted by atomic mass is 9.95. The van der Waals surface area contributed by atoms with E-state index >= 15 is 0 Å². The lowest BCUT2D eigenvalue weighted by Crippen LogP contribution is -2.62. The fraction of sp³-hybridized carbons (Fsp3) is 1.00. The molecule has 0 saturated carbocycles. The molecule has 21 heavy (non-hydrogen) atoms. The molecule has 0 aliphatic carbocycles. The Hall–Kier alpha value is -0.320. The Bertz CT molecular complexity index is 353. The number of hydrogen-bond donors (Lipinski definition) is 5. The van der Waals surface area contributed by atoms with Crippen molar-refractivity contribution in [3.63, 3.8) is 0 Å². The zero-order valence-corrected chi connectivity index (χ0v) is 12.2. The maximum atomic E-state index is 10.1. The molecule has 0 aromatic heterocycles. The van der Waals surface area contributed by atoms with Gasteiger partial charge in [-0.15, -0.1) is 0 Å². The lowest BCUT2D eigenvalue weighted by molar-refractivity contribution is -0.333. The van der Waals surface area contributed by atoms with Crippen LogP contribution in [0.25, 0.3) is 0 Å². The summed E-state index contributed by atoms with van der Waals surface area (Å²) in [5.41, 5.74) is 0. The summed E-state index contributed by atoms with van der Waals surface area (Å²) in [6.07, 6.45) is -10.4. The van der Waals surface area contributed by atoms with Crippen molar-refractivity contribution in [3.05, 3.63) is 0 Å². The number of ether oxygens (including phenoxy) is 3. The highest BCUT2D eigenvalue weighted by molar-refractivity contribution is 4.93. The summed E-state index contributed by atoms with van der Waals surface area (Å²) in [7, 11) is 0. The van der Waals surface area contributed by atoms with Crippen LogP contribution < -0.4 is 0 Å². The van der Waals surface area contributed by atoms with Crippen molar-refractivity contribution in [2.45, 2.75) is 82.0 Å². The van der Waals surface area contributed by atoms with E-state index < -0.39 is 61.2 Å². The molecule has 2 saturated heterocycles. The number of aliphatic hydroxyl groups is 5. The van der Waals surface area contributed by atoms with Gasteiger partial charge in [0.2, 0.25) is 0 Å². The third-order valence-corrected chi connectivity index (χ3v) is 4.16. The molecule has 2 aliphatic heterocycles. The fourth-order valence-electron chi connectivity index (χ4n) is 2.72. The maximum absolute atomic E-state index is 10.1. The van der Waals surface area contributed by atoms with Crippen LogP contribution in [0.4, 0.5) is 0 Å². The van der Waals surface area contributed by atoms with Crippen molar-refractivity contribution in [3.8, 4) is 0 Å². The van der Waals surface area contributed by atoms with Crippen LogP contribution in [0.15, 0.2) is 0 Å². The molecule has 2 aliphatic rings. The molecule has 0 aromatic rings. The van der Waals surface area contributed by atoms with Gasteiger partial charge in [-0.1, -0.05) is 0 Å². The van der Waals surface area contributed by atoms with E-state index in [0.29, 0.717) is 0 Å². The first-order valence-electron chi connectivity index (χ1n) is 7.10. The van der Waals surface area contributed by atoms with Crippen molar-refractivity contribution in [2.24, 2.45) is 0 Å². The Kier molecular flexibility index (Phi) is 5.22. The Labute approximate surface area is 122 Å². The summed E-state index contributed by atoms with van der Waals surface area (Å²) in [5.74, 6) is 0. The van der Waals surface area contributed by atoms with Crippen molar-refractivity contribution in [2.75, 3.05) is 0 Å². The quantitative estimate of drug-likeness (QED) is 0.386. The van der Waals surface area contributed by atoms with Crippen LogP contribution in [0.1, 0.15) is 20.8 Å². The second-order valence-corrected chi connectivity index (χ2v) is 5.81. The van der Waals surface area contributed by atoms with Crippen molar-refractivity contribution < 1.29 is 39.7 Å². The Balaban J connectivity index is 2.06. The van der Waals surface area contributed by atoms with Gasteiger partial charge < -0.3 is 39.7 Å². The van der Waals surface area contributed by atoms with Gasteiger partial charge in [-0.3, -0.25) is 0 Å². The molecule has 8 heteroatoms. The summed E-state index contributed by atoms with van der Waals surface area (Å²) in [4.78, 5) is 0. The second kappa shape index (κ2) is 6.43. The van der Waals surface area contributed by atoms with Crippen LogP contribution in [0.2, 0.25) is 0 Å². The van der Waals surface area contributed by atoms with E-state index in [1.54, 1.807) is 13.8 Å². The van der Waals surface area contributed by atoms with Gasteiger partial charge in [0.15, 0.2) is 6.29 Å². The van der Waals surface area contributed by atoms with Gasteiger partial charge in [0.1, 0.15) is 36.6 Å². The molecule has 0 amide bonds. The molecule has 0 spiro atoms. The monoisotopic (exact) mass is 308 g/mol. The van der Waals surface area contributed by atoms with E-state index in [9.17, 15) is 25.5 Å². The molecule has 0 aromatic carbocycles. The van der Waals surface area contributed by atoms with Crippen LogP contribution in [-0.2, 0) is 14.2 Å². The van der Waals surface area contributed by atoms with Crippen LogP contribution >= 0.6 is 0 Å².